The van der Waals surface area contributed by atoms with Crippen molar-refractivity contribution in [3.63, 3.8) is 0 Å². The summed E-state index contributed by atoms with van der Waals surface area (Å²) in [7, 11) is 1.77. The summed E-state index contributed by atoms with van der Waals surface area (Å²) < 4.78 is 5.69. The highest BCUT2D eigenvalue weighted by molar-refractivity contribution is 5.93. The summed E-state index contributed by atoms with van der Waals surface area (Å²) in [4.78, 5) is 18.7. The molecule has 24 heavy (non-hydrogen) atoms. The van der Waals surface area contributed by atoms with Crippen molar-refractivity contribution in [1.29, 1.82) is 0 Å². The molecule has 0 bridgehead atoms. The van der Waals surface area contributed by atoms with Gasteiger partial charge in [-0.1, -0.05) is 29.8 Å². The minimum atomic E-state index is 0.0619. The van der Waals surface area contributed by atoms with Gasteiger partial charge in [-0.25, -0.2) is 0 Å². The van der Waals surface area contributed by atoms with Gasteiger partial charge in [-0.3, -0.25) is 9.78 Å². The van der Waals surface area contributed by atoms with Crippen molar-refractivity contribution in [3.05, 3.63) is 65.5 Å². The third-order valence-electron chi connectivity index (χ3n) is 4.74. The van der Waals surface area contributed by atoms with Gasteiger partial charge in [0.15, 0.2) is 0 Å². The number of aromatic nitrogens is 1. The molecule has 0 saturated carbocycles. The Morgan fingerprint density at radius 1 is 1.33 bits per heavy atom. The van der Waals surface area contributed by atoms with E-state index >= 15 is 0 Å². The molecule has 1 fully saturated rings. The second-order valence-corrected chi connectivity index (χ2v) is 6.51. The van der Waals surface area contributed by atoms with Crippen molar-refractivity contribution >= 4 is 5.91 Å². The molecule has 4 nitrogen and oxygen atoms in total. The highest BCUT2D eigenvalue weighted by Crippen LogP contribution is 2.25. The predicted molar refractivity (Wildman–Crippen MR) is 93.9 cm³/mol. The van der Waals surface area contributed by atoms with Crippen LogP contribution in [0, 0.1) is 12.8 Å². The van der Waals surface area contributed by atoms with Gasteiger partial charge in [-0.05, 0) is 37.5 Å². The Kier molecular flexibility index (Phi) is 5.26. The van der Waals surface area contributed by atoms with Crippen LogP contribution in [0.3, 0.4) is 0 Å². The average molecular weight is 324 g/mol. The number of benzene rings is 1. The van der Waals surface area contributed by atoms with Crippen LogP contribution in [0.2, 0.25) is 0 Å². The van der Waals surface area contributed by atoms with E-state index in [1.807, 2.05) is 11.0 Å². The number of nitrogens with zero attached hydrogens (tertiary/aromatic N) is 2. The summed E-state index contributed by atoms with van der Waals surface area (Å²) in [6, 6.07) is 12.2. The quantitative estimate of drug-likeness (QED) is 0.868. The fraction of sp³-hybridized carbons (Fsp3) is 0.400. The molecule has 1 amide bonds. The molecular formula is C20H24N2O2. The molecule has 1 saturated heterocycles. The maximum absolute atomic E-state index is 12.7. The van der Waals surface area contributed by atoms with Crippen molar-refractivity contribution < 1.29 is 9.53 Å². The number of carbonyl (C=O) groups is 1. The van der Waals surface area contributed by atoms with E-state index < -0.39 is 0 Å². The van der Waals surface area contributed by atoms with E-state index in [-0.39, 0.29) is 12.0 Å². The Bertz CT molecular complexity index is 687. The van der Waals surface area contributed by atoms with Gasteiger partial charge in [0, 0.05) is 38.5 Å². The number of hydrogen-bond donors (Lipinski definition) is 0. The van der Waals surface area contributed by atoms with Gasteiger partial charge in [0.05, 0.1) is 11.7 Å². The zero-order valence-corrected chi connectivity index (χ0v) is 14.3. The van der Waals surface area contributed by atoms with E-state index in [1.165, 1.54) is 11.1 Å². The largest absolute Gasteiger partial charge is 0.381 e. The van der Waals surface area contributed by atoms with Crippen LogP contribution in [0.5, 0.6) is 0 Å². The Morgan fingerprint density at radius 2 is 2.21 bits per heavy atom. The van der Waals surface area contributed by atoms with Crippen LogP contribution in [0.1, 0.15) is 27.9 Å². The van der Waals surface area contributed by atoms with Gasteiger partial charge in [-0.2, -0.15) is 0 Å². The summed E-state index contributed by atoms with van der Waals surface area (Å²) in [5, 5.41) is 0. The van der Waals surface area contributed by atoms with Crippen LogP contribution in [0.15, 0.2) is 48.8 Å². The van der Waals surface area contributed by atoms with Gasteiger partial charge in [0.1, 0.15) is 0 Å². The number of piperidine rings is 1. The lowest BCUT2D eigenvalue weighted by atomic mass is 9.88. The first-order valence-electron chi connectivity index (χ1n) is 8.45. The number of methoxy groups -OCH3 is 1. The second kappa shape index (κ2) is 7.58. The van der Waals surface area contributed by atoms with Gasteiger partial charge < -0.3 is 9.64 Å². The summed E-state index contributed by atoms with van der Waals surface area (Å²) >= 11 is 0. The highest BCUT2D eigenvalue weighted by Gasteiger charge is 2.32. The smallest absolute Gasteiger partial charge is 0.255 e. The fourth-order valence-corrected chi connectivity index (χ4v) is 3.52. The number of pyridine rings is 1. The second-order valence-electron chi connectivity index (χ2n) is 6.51. The molecule has 2 aromatic rings. The first-order valence-corrected chi connectivity index (χ1v) is 8.45. The number of rotatable bonds is 4. The molecule has 4 heteroatoms. The molecule has 0 N–H and O–H groups in total. The first kappa shape index (κ1) is 16.7. The average Bonchev–Trinajstić information content (AvgIpc) is 2.62. The molecule has 0 spiro atoms. The van der Waals surface area contributed by atoms with Gasteiger partial charge in [0.2, 0.25) is 0 Å². The Balaban J connectivity index is 1.73. The molecule has 2 atom stereocenters. The number of likely N-dealkylation sites (tertiary alicyclic amines) is 1. The molecule has 0 unspecified atom stereocenters. The maximum atomic E-state index is 12.7. The third-order valence-corrected chi connectivity index (χ3v) is 4.74. The van der Waals surface area contributed by atoms with Crippen molar-refractivity contribution in [2.24, 2.45) is 5.92 Å². The number of amides is 1. The van der Waals surface area contributed by atoms with Crippen LogP contribution in [0.25, 0.3) is 0 Å². The molecular weight excluding hydrogens is 300 g/mol. The van der Waals surface area contributed by atoms with Crippen molar-refractivity contribution in [1.82, 2.24) is 9.88 Å². The van der Waals surface area contributed by atoms with Crippen molar-refractivity contribution in [2.45, 2.75) is 25.9 Å². The number of carbonyl (C=O) groups excluding carboxylic acids is 1. The molecule has 0 aliphatic carbocycles. The lowest BCUT2D eigenvalue weighted by molar-refractivity contribution is -0.00301. The standard InChI is InChI=1S/C20H24N2O2/c1-15-5-3-6-16(11-15)12-18-14-22(10-8-19(18)24-2)20(23)17-7-4-9-21-13-17/h3-7,9,11,13,18-19H,8,10,12,14H2,1-2H3/t18-,19-/m1/s1. The van der Waals surface area contributed by atoms with Crippen LogP contribution >= 0.6 is 0 Å². The van der Waals surface area contributed by atoms with Gasteiger partial charge in [0.25, 0.3) is 5.91 Å². The summed E-state index contributed by atoms with van der Waals surface area (Å²) in [6.45, 7) is 3.56. The molecule has 126 valence electrons. The van der Waals surface area contributed by atoms with Gasteiger partial charge in [-0.15, -0.1) is 0 Å². The van der Waals surface area contributed by atoms with Gasteiger partial charge >= 0.3 is 0 Å². The fourth-order valence-electron chi connectivity index (χ4n) is 3.52. The van der Waals surface area contributed by atoms with Crippen LogP contribution in [0.4, 0.5) is 0 Å². The maximum Gasteiger partial charge on any atom is 0.255 e. The highest BCUT2D eigenvalue weighted by atomic mass is 16.5. The number of ether oxygens (including phenoxy) is 1. The monoisotopic (exact) mass is 324 g/mol. The van der Waals surface area contributed by atoms with Crippen LogP contribution < -0.4 is 0 Å². The Labute approximate surface area is 143 Å². The third kappa shape index (κ3) is 3.82. The van der Waals surface area contributed by atoms with E-state index in [2.05, 4.69) is 36.2 Å². The molecule has 1 aromatic heterocycles. The normalized spacial score (nSPS) is 20.8. The van der Waals surface area contributed by atoms with Crippen LogP contribution in [-0.2, 0) is 11.2 Å². The van der Waals surface area contributed by atoms with Crippen molar-refractivity contribution in [2.75, 3.05) is 20.2 Å². The molecule has 0 radical (unpaired) electrons. The number of hydrogen-bond acceptors (Lipinski definition) is 3. The van der Waals surface area contributed by atoms with Crippen LogP contribution in [-0.4, -0.2) is 42.1 Å². The number of aryl methyl sites for hydroxylation is 1. The molecule has 2 heterocycles. The molecule has 1 aliphatic heterocycles. The summed E-state index contributed by atoms with van der Waals surface area (Å²) in [5.74, 6) is 0.373. The van der Waals surface area contributed by atoms with E-state index in [0.29, 0.717) is 11.5 Å². The van der Waals surface area contributed by atoms with E-state index in [1.54, 1.807) is 25.6 Å². The Hall–Kier alpha value is -2.20. The minimum absolute atomic E-state index is 0.0619. The topological polar surface area (TPSA) is 42.4 Å². The zero-order valence-electron chi connectivity index (χ0n) is 14.3. The SMILES string of the molecule is CO[C@@H]1CCN(C(=O)c2cccnc2)C[C@H]1Cc1cccc(C)c1. The predicted octanol–water partition coefficient (Wildman–Crippen LogP) is 3.11. The van der Waals surface area contributed by atoms with E-state index in [9.17, 15) is 4.79 Å². The summed E-state index contributed by atoms with van der Waals surface area (Å²) in [5.41, 5.74) is 3.22. The lowest BCUT2D eigenvalue weighted by Gasteiger charge is -2.38. The van der Waals surface area contributed by atoms with Crippen molar-refractivity contribution in [3.8, 4) is 0 Å². The lowest BCUT2D eigenvalue weighted by Crippen LogP contribution is -2.47. The van der Waals surface area contributed by atoms with E-state index in [0.717, 1.165) is 25.9 Å². The molecule has 3 rings (SSSR count). The first-order chi connectivity index (χ1) is 11.7. The minimum Gasteiger partial charge on any atom is -0.381 e. The molecule has 1 aliphatic rings. The summed E-state index contributed by atoms with van der Waals surface area (Å²) in [6.07, 6.45) is 5.33. The van der Waals surface area contributed by atoms with E-state index in [4.69, 9.17) is 4.74 Å². The molecule has 1 aromatic carbocycles. The Morgan fingerprint density at radius 3 is 2.92 bits per heavy atom. The zero-order chi connectivity index (χ0) is 16.9.